The van der Waals surface area contributed by atoms with Crippen molar-refractivity contribution in [1.82, 2.24) is 10.3 Å². The first kappa shape index (κ1) is 6.60. The van der Waals surface area contributed by atoms with Crippen LogP contribution in [-0.4, -0.2) is 17.6 Å². The number of alkyl carbamates (subject to hydrolysis) is 1. The molecule has 0 radical (unpaired) electrons. The molecule has 0 saturated carbocycles. The van der Waals surface area contributed by atoms with E-state index in [1.807, 2.05) is 0 Å². The zero-order valence-electron chi connectivity index (χ0n) is 5.61. The Morgan fingerprint density at radius 2 is 2.73 bits per heavy atom. The summed E-state index contributed by atoms with van der Waals surface area (Å²) in [6.07, 6.45) is 1.24. The Balaban J connectivity index is 2.13. The summed E-state index contributed by atoms with van der Waals surface area (Å²) in [7, 11) is 0. The lowest BCUT2D eigenvalue weighted by Crippen LogP contribution is -2.12. The number of hydrogen-bond donors (Lipinski definition) is 1. The van der Waals surface area contributed by atoms with Crippen LogP contribution in [0.4, 0.5) is 4.79 Å². The normalized spacial score (nSPS) is 22.9. The number of ether oxygens (including phenoxy) is 1. The van der Waals surface area contributed by atoms with Crippen LogP contribution in [0.1, 0.15) is 11.0 Å². The number of carbonyl (C=O) groups excluding carboxylic acids is 1. The Morgan fingerprint density at radius 3 is 3.27 bits per heavy atom. The van der Waals surface area contributed by atoms with E-state index in [2.05, 4.69) is 10.3 Å². The summed E-state index contributed by atoms with van der Waals surface area (Å²) < 4.78 is 4.93. The molecule has 58 valence electrons. The number of rotatable bonds is 1. The quantitative estimate of drug-likeness (QED) is 0.682. The van der Waals surface area contributed by atoms with E-state index in [0.29, 0.717) is 6.54 Å². The average molecular weight is 170 g/mol. The fourth-order valence-electron chi connectivity index (χ4n) is 0.932. The largest absolute Gasteiger partial charge is 0.439 e. The molecule has 1 unspecified atom stereocenters. The van der Waals surface area contributed by atoms with Crippen molar-refractivity contribution < 1.29 is 9.53 Å². The van der Waals surface area contributed by atoms with Gasteiger partial charge in [-0.05, 0) is 0 Å². The van der Waals surface area contributed by atoms with Gasteiger partial charge in [0.05, 0.1) is 16.9 Å². The smallest absolute Gasteiger partial charge is 0.407 e. The molecule has 5 heteroatoms. The van der Waals surface area contributed by atoms with Crippen LogP contribution in [0.2, 0.25) is 0 Å². The van der Waals surface area contributed by atoms with Crippen LogP contribution in [0.5, 0.6) is 0 Å². The van der Waals surface area contributed by atoms with Crippen LogP contribution in [-0.2, 0) is 4.74 Å². The number of cyclic esters (lactones) is 1. The zero-order chi connectivity index (χ0) is 7.68. The number of nitrogens with one attached hydrogen (secondary N) is 1. The maximum absolute atomic E-state index is 10.6. The fourth-order valence-corrected chi connectivity index (χ4v) is 1.58. The van der Waals surface area contributed by atoms with Crippen LogP contribution in [0.3, 0.4) is 0 Å². The standard InChI is InChI=1S/C6H6N2O2S/c9-6-8-1-4(10-6)5-2-7-3-11-5/h2-4H,1H2,(H,8,9). The molecule has 1 atom stereocenters. The molecule has 0 aromatic carbocycles. The second-order valence-electron chi connectivity index (χ2n) is 2.18. The number of aromatic nitrogens is 1. The van der Waals surface area contributed by atoms with Gasteiger partial charge in [0, 0.05) is 6.20 Å². The molecular formula is C6H6N2O2S. The van der Waals surface area contributed by atoms with Gasteiger partial charge in [-0.1, -0.05) is 0 Å². The number of nitrogens with zero attached hydrogens (tertiary/aromatic N) is 1. The second kappa shape index (κ2) is 2.50. The zero-order valence-corrected chi connectivity index (χ0v) is 6.43. The molecule has 1 aliphatic rings. The van der Waals surface area contributed by atoms with Gasteiger partial charge in [0.25, 0.3) is 0 Å². The van der Waals surface area contributed by atoms with Crippen molar-refractivity contribution in [2.24, 2.45) is 0 Å². The summed E-state index contributed by atoms with van der Waals surface area (Å²) in [4.78, 5) is 15.5. The van der Waals surface area contributed by atoms with Crippen molar-refractivity contribution in [2.45, 2.75) is 6.10 Å². The molecule has 1 aromatic rings. The molecule has 1 aromatic heterocycles. The van der Waals surface area contributed by atoms with Crippen LogP contribution in [0, 0.1) is 0 Å². The number of carbonyl (C=O) groups is 1. The first-order valence-electron chi connectivity index (χ1n) is 3.19. The highest BCUT2D eigenvalue weighted by Crippen LogP contribution is 2.23. The molecule has 11 heavy (non-hydrogen) atoms. The van der Waals surface area contributed by atoms with Gasteiger partial charge in [-0.3, -0.25) is 4.98 Å². The Morgan fingerprint density at radius 1 is 1.82 bits per heavy atom. The lowest BCUT2D eigenvalue weighted by Gasteiger charge is -2.01. The second-order valence-corrected chi connectivity index (χ2v) is 3.10. The highest BCUT2D eigenvalue weighted by atomic mass is 32.1. The first-order chi connectivity index (χ1) is 5.36. The summed E-state index contributed by atoms with van der Waals surface area (Å²) in [5, 5.41) is 2.58. The minimum atomic E-state index is -0.344. The molecule has 1 aliphatic heterocycles. The van der Waals surface area contributed by atoms with Gasteiger partial charge in [0.15, 0.2) is 6.10 Å². The van der Waals surface area contributed by atoms with Crippen LogP contribution in [0.25, 0.3) is 0 Å². The molecule has 0 spiro atoms. The van der Waals surface area contributed by atoms with Gasteiger partial charge in [-0.2, -0.15) is 0 Å². The molecule has 0 aliphatic carbocycles. The van der Waals surface area contributed by atoms with Gasteiger partial charge in [0.1, 0.15) is 0 Å². The van der Waals surface area contributed by atoms with Crippen LogP contribution < -0.4 is 5.32 Å². The van der Waals surface area contributed by atoms with Crippen molar-refractivity contribution >= 4 is 17.4 Å². The number of hydrogen-bond acceptors (Lipinski definition) is 4. The van der Waals surface area contributed by atoms with E-state index in [1.54, 1.807) is 11.7 Å². The monoisotopic (exact) mass is 170 g/mol. The minimum Gasteiger partial charge on any atom is -0.439 e. The van der Waals surface area contributed by atoms with E-state index in [-0.39, 0.29) is 12.2 Å². The Labute approximate surface area is 67.2 Å². The number of thiazole rings is 1. The molecule has 2 rings (SSSR count). The summed E-state index contributed by atoms with van der Waals surface area (Å²) >= 11 is 1.49. The van der Waals surface area contributed by atoms with Gasteiger partial charge in [-0.15, -0.1) is 11.3 Å². The summed E-state index contributed by atoms with van der Waals surface area (Å²) in [5.41, 5.74) is 1.72. The van der Waals surface area contributed by atoms with Gasteiger partial charge >= 0.3 is 6.09 Å². The fraction of sp³-hybridized carbons (Fsp3) is 0.333. The van der Waals surface area contributed by atoms with E-state index in [0.717, 1.165) is 4.88 Å². The molecule has 4 nitrogen and oxygen atoms in total. The van der Waals surface area contributed by atoms with Gasteiger partial charge in [-0.25, -0.2) is 4.79 Å². The highest BCUT2D eigenvalue weighted by molar-refractivity contribution is 7.09. The maximum atomic E-state index is 10.6. The number of amides is 1. The average Bonchev–Trinajstić information content (AvgIpc) is 2.55. The SMILES string of the molecule is O=C1NCC(c2cncs2)O1. The van der Waals surface area contributed by atoms with Gasteiger partial charge < -0.3 is 10.1 Å². The minimum absolute atomic E-state index is 0.130. The predicted molar refractivity (Wildman–Crippen MR) is 39.3 cm³/mol. The van der Waals surface area contributed by atoms with Crippen molar-refractivity contribution in [3.05, 3.63) is 16.6 Å². The Hall–Kier alpha value is -1.10. The molecule has 0 bridgehead atoms. The molecule has 1 amide bonds. The topological polar surface area (TPSA) is 51.2 Å². The summed E-state index contributed by atoms with van der Waals surface area (Å²) in [5.74, 6) is 0. The first-order valence-corrected chi connectivity index (χ1v) is 4.07. The van der Waals surface area contributed by atoms with Crippen molar-refractivity contribution in [2.75, 3.05) is 6.54 Å². The van der Waals surface area contributed by atoms with E-state index in [4.69, 9.17) is 4.74 Å². The van der Waals surface area contributed by atoms with E-state index in [1.165, 1.54) is 11.3 Å². The third-order valence-electron chi connectivity index (χ3n) is 1.45. The van der Waals surface area contributed by atoms with Crippen molar-refractivity contribution in [3.8, 4) is 0 Å². The van der Waals surface area contributed by atoms with Crippen molar-refractivity contribution in [1.29, 1.82) is 0 Å². The lowest BCUT2D eigenvalue weighted by atomic mass is 10.3. The third-order valence-corrected chi connectivity index (χ3v) is 2.32. The summed E-state index contributed by atoms with van der Waals surface area (Å²) in [6, 6.07) is 0. The molecule has 2 heterocycles. The Kier molecular flexibility index (Phi) is 1.50. The molecule has 1 fully saturated rings. The van der Waals surface area contributed by atoms with E-state index in [9.17, 15) is 4.79 Å². The Bertz CT molecular complexity index is 260. The highest BCUT2D eigenvalue weighted by Gasteiger charge is 2.24. The van der Waals surface area contributed by atoms with E-state index >= 15 is 0 Å². The molecule has 1 saturated heterocycles. The third kappa shape index (κ3) is 1.19. The molecule has 1 N–H and O–H groups in total. The van der Waals surface area contributed by atoms with E-state index < -0.39 is 0 Å². The van der Waals surface area contributed by atoms with Crippen LogP contribution >= 0.6 is 11.3 Å². The van der Waals surface area contributed by atoms with Crippen molar-refractivity contribution in [3.63, 3.8) is 0 Å². The predicted octanol–water partition coefficient (Wildman–Crippen LogP) is 0.924. The van der Waals surface area contributed by atoms with Crippen LogP contribution in [0.15, 0.2) is 11.7 Å². The lowest BCUT2D eigenvalue weighted by molar-refractivity contribution is 0.142. The van der Waals surface area contributed by atoms with Gasteiger partial charge in [0.2, 0.25) is 0 Å². The maximum Gasteiger partial charge on any atom is 0.407 e. The molecular weight excluding hydrogens is 164 g/mol. The summed E-state index contributed by atoms with van der Waals surface area (Å²) in [6.45, 7) is 0.557.